The van der Waals surface area contributed by atoms with Crippen LogP contribution in [0.15, 0.2) is 47.2 Å². The fourth-order valence-corrected chi connectivity index (χ4v) is 2.50. The number of hydrogen-bond acceptors (Lipinski definition) is 5. The van der Waals surface area contributed by atoms with E-state index in [1.54, 1.807) is 19.1 Å². The fourth-order valence-electron chi connectivity index (χ4n) is 2.50. The minimum Gasteiger partial charge on any atom is -0.466 e. The van der Waals surface area contributed by atoms with Crippen molar-refractivity contribution in [1.29, 1.82) is 0 Å². The Morgan fingerprint density at radius 1 is 1.28 bits per heavy atom. The van der Waals surface area contributed by atoms with Crippen LogP contribution in [0.5, 0.6) is 0 Å². The van der Waals surface area contributed by atoms with Gasteiger partial charge in [0.15, 0.2) is 5.65 Å². The molecule has 0 saturated heterocycles. The van der Waals surface area contributed by atoms with E-state index in [0.29, 0.717) is 18.7 Å². The molecule has 0 fully saturated rings. The summed E-state index contributed by atoms with van der Waals surface area (Å²) < 4.78 is 7.10. The van der Waals surface area contributed by atoms with Crippen molar-refractivity contribution < 1.29 is 14.3 Å². The highest BCUT2D eigenvalue weighted by atomic mass is 16.4. The maximum Gasteiger partial charge on any atom is 0.314 e. The number of rotatable bonds is 7. The largest absolute Gasteiger partial charge is 0.466 e. The zero-order valence-corrected chi connectivity index (χ0v) is 14.0. The predicted molar refractivity (Wildman–Crippen MR) is 91.0 cm³/mol. The van der Waals surface area contributed by atoms with Crippen LogP contribution in [-0.4, -0.2) is 38.8 Å². The van der Waals surface area contributed by atoms with Gasteiger partial charge in [-0.2, -0.15) is 0 Å². The summed E-state index contributed by atoms with van der Waals surface area (Å²) in [5, 5.41) is 23.9. The molecule has 2 amide bonds. The van der Waals surface area contributed by atoms with Crippen molar-refractivity contribution in [1.82, 2.24) is 25.2 Å². The number of pyridine rings is 1. The van der Waals surface area contributed by atoms with Crippen LogP contribution in [0.25, 0.3) is 5.65 Å². The Morgan fingerprint density at radius 3 is 2.96 bits per heavy atom. The Bertz CT molecular complexity index is 826. The molecule has 3 aromatic heterocycles. The lowest BCUT2D eigenvalue weighted by atomic mass is 10.0. The summed E-state index contributed by atoms with van der Waals surface area (Å²) in [6.07, 6.45) is 4.84. The molecule has 0 aliphatic heterocycles. The Balaban J connectivity index is 1.39. The first-order chi connectivity index (χ1) is 12.1. The first kappa shape index (κ1) is 17.0. The van der Waals surface area contributed by atoms with E-state index in [2.05, 4.69) is 20.8 Å². The van der Waals surface area contributed by atoms with E-state index in [0.717, 1.165) is 17.9 Å². The summed E-state index contributed by atoms with van der Waals surface area (Å²) in [4.78, 5) is 11.8. The molecule has 132 valence electrons. The second-order valence-corrected chi connectivity index (χ2v) is 6.01. The third kappa shape index (κ3) is 4.16. The van der Waals surface area contributed by atoms with E-state index in [-0.39, 0.29) is 12.6 Å². The van der Waals surface area contributed by atoms with E-state index in [4.69, 9.17) is 4.42 Å². The monoisotopic (exact) mass is 343 g/mol. The van der Waals surface area contributed by atoms with Gasteiger partial charge in [0.2, 0.25) is 0 Å². The normalized spacial score (nSPS) is 13.5. The SMILES string of the molecule is CC(O)(CNC(=O)NCCCc1nnc2ccccn12)c1ccco1. The molecule has 25 heavy (non-hydrogen) atoms. The van der Waals surface area contributed by atoms with Crippen LogP contribution in [-0.2, 0) is 12.0 Å². The van der Waals surface area contributed by atoms with Crippen molar-refractivity contribution in [3.8, 4) is 0 Å². The standard InChI is InChI=1S/C17H21N5O3/c1-17(24,13-6-5-11-25-13)12-19-16(23)18-9-4-8-15-21-20-14-7-2-3-10-22(14)15/h2-3,5-7,10-11,24H,4,8-9,12H2,1H3,(H2,18,19,23). The average Bonchev–Trinajstić information content (AvgIpc) is 3.27. The second-order valence-electron chi connectivity index (χ2n) is 6.01. The summed E-state index contributed by atoms with van der Waals surface area (Å²) in [6, 6.07) is 8.76. The molecule has 1 atom stereocenters. The number of aromatic nitrogens is 3. The van der Waals surface area contributed by atoms with E-state index in [9.17, 15) is 9.90 Å². The van der Waals surface area contributed by atoms with Crippen LogP contribution in [0.2, 0.25) is 0 Å². The number of furan rings is 1. The number of aliphatic hydroxyl groups is 1. The molecule has 0 aromatic carbocycles. The number of fused-ring (bicyclic) bond motifs is 1. The van der Waals surface area contributed by atoms with Gasteiger partial charge < -0.3 is 20.2 Å². The summed E-state index contributed by atoms with van der Waals surface area (Å²) in [7, 11) is 0. The maximum atomic E-state index is 11.8. The van der Waals surface area contributed by atoms with E-state index in [1.807, 2.05) is 28.8 Å². The van der Waals surface area contributed by atoms with Crippen LogP contribution in [0.4, 0.5) is 4.79 Å². The molecule has 1 unspecified atom stereocenters. The van der Waals surface area contributed by atoms with Crippen LogP contribution in [0, 0.1) is 0 Å². The van der Waals surface area contributed by atoms with Gasteiger partial charge >= 0.3 is 6.03 Å². The molecule has 8 heteroatoms. The molecule has 3 aromatic rings. The van der Waals surface area contributed by atoms with Gasteiger partial charge in [-0.25, -0.2) is 4.79 Å². The zero-order chi connectivity index (χ0) is 17.7. The molecule has 3 heterocycles. The molecular formula is C17H21N5O3. The third-order valence-corrected chi connectivity index (χ3v) is 3.89. The number of hydrogen-bond donors (Lipinski definition) is 3. The number of urea groups is 1. The number of carbonyl (C=O) groups excluding carboxylic acids is 1. The third-order valence-electron chi connectivity index (χ3n) is 3.89. The van der Waals surface area contributed by atoms with Crippen molar-refractivity contribution in [3.05, 3.63) is 54.4 Å². The number of amides is 2. The summed E-state index contributed by atoms with van der Waals surface area (Å²) in [5.74, 6) is 1.27. The van der Waals surface area contributed by atoms with Crippen molar-refractivity contribution >= 4 is 11.7 Å². The van der Waals surface area contributed by atoms with Crippen LogP contribution >= 0.6 is 0 Å². The maximum absolute atomic E-state index is 11.8. The number of nitrogens with one attached hydrogen (secondary N) is 2. The van der Waals surface area contributed by atoms with Gasteiger partial charge in [0.25, 0.3) is 0 Å². The Labute approximate surface area is 144 Å². The Hall–Kier alpha value is -2.87. The predicted octanol–water partition coefficient (Wildman–Crippen LogP) is 1.46. The molecule has 3 N–H and O–H groups in total. The van der Waals surface area contributed by atoms with Crippen molar-refractivity contribution in [2.75, 3.05) is 13.1 Å². The summed E-state index contributed by atoms with van der Waals surface area (Å²) in [5.41, 5.74) is -0.440. The van der Waals surface area contributed by atoms with Crippen molar-refractivity contribution in [2.45, 2.75) is 25.4 Å². The Morgan fingerprint density at radius 2 is 2.16 bits per heavy atom. The molecule has 0 aliphatic rings. The van der Waals surface area contributed by atoms with Gasteiger partial charge in [0.1, 0.15) is 17.2 Å². The second kappa shape index (κ2) is 7.35. The molecule has 0 spiro atoms. The molecule has 0 bridgehead atoms. The van der Waals surface area contributed by atoms with Crippen LogP contribution < -0.4 is 10.6 Å². The lowest BCUT2D eigenvalue weighted by Gasteiger charge is -2.21. The zero-order valence-electron chi connectivity index (χ0n) is 14.0. The van der Waals surface area contributed by atoms with Crippen molar-refractivity contribution in [3.63, 3.8) is 0 Å². The number of carbonyl (C=O) groups is 1. The minimum absolute atomic E-state index is 0.0567. The van der Waals surface area contributed by atoms with Gasteiger partial charge in [-0.1, -0.05) is 6.07 Å². The first-order valence-corrected chi connectivity index (χ1v) is 8.13. The highest BCUT2D eigenvalue weighted by molar-refractivity contribution is 5.73. The number of aryl methyl sites for hydroxylation is 1. The highest BCUT2D eigenvalue weighted by Gasteiger charge is 2.26. The van der Waals surface area contributed by atoms with Gasteiger partial charge in [0.05, 0.1) is 12.8 Å². The summed E-state index contributed by atoms with van der Waals surface area (Å²) >= 11 is 0. The van der Waals surface area contributed by atoms with Gasteiger partial charge in [-0.3, -0.25) is 4.40 Å². The topological polar surface area (TPSA) is 105 Å². The van der Waals surface area contributed by atoms with Crippen molar-refractivity contribution in [2.24, 2.45) is 0 Å². The number of nitrogens with zero attached hydrogens (tertiary/aromatic N) is 3. The van der Waals surface area contributed by atoms with E-state index in [1.165, 1.54) is 6.26 Å². The molecule has 0 aliphatic carbocycles. The minimum atomic E-state index is -1.25. The molecule has 0 radical (unpaired) electrons. The van der Waals surface area contributed by atoms with E-state index >= 15 is 0 Å². The first-order valence-electron chi connectivity index (χ1n) is 8.13. The van der Waals surface area contributed by atoms with Crippen LogP contribution in [0.3, 0.4) is 0 Å². The highest BCUT2D eigenvalue weighted by Crippen LogP contribution is 2.19. The smallest absolute Gasteiger partial charge is 0.314 e. The molecule has 0 saturated carbocycles. The van der Waals surface area contributed by atoms with E-state index < -0.39 is 5.60 Å². The molecule has 3 rings (SSSR count). The van der Waals surface area contributed by atoms with Gasteiger partial charge in [-0.05, 0) is 37.6 Å². The van der Waals surface area contributed by atoms with Crippen LogP contribution in [0.1, 0.15) is 24.9 Å². The van der Waals surface area contributed by atoms with Gasteiger partial charge in [-0.15, -0.1) is 10.2 Å². The quantitative estimate of drug-likeness (QED) is 0.563. The fraction of sp³-hybridized carbons (Fsp3) is 0.353. The molecule has 8 nitrogen and oxygen atoms in total. The Kier molecular flexibility index (Phi) is 4.99. The molecular weight excluding hydrogens is 322 g/mol. The lowest BCUT2D eigenvalue weighted by Crippen LogP contribution is -2.43. The average molecular weight is 343 g/mol. The lowest BCUT2D eigenvalue weighted by molar-refractivity contribution is 0.0367. The summed E-state index contributed by atoms with van der Waals surface area (Å²) in [6.45, 7) is 2.14. The van der Waals surface area contributed by atoms with Gasteiger partial charge in [0, 0.05) is 19.2 Å².